The van der Waals surface area contributed by atoms with Crippen molar-refractivity contribution in [3.05, 3.63) is 34.4 Å². The number of nitrogens with one attached hydrogen (secondary N) is 1. The first-order valence-electron chi connectivity index (χ1n) is 6.31. The summed E-state index contributed by atoms with van der Waals surface area (Å²) < 4.78 is 2.90. The number of fused-ring (bicyclic) bond motifs is 3. The molecular formula is C12H11N5OS2. The fraction of sp³-hybridized carbons (Fsp3) is 0.333. The van der Waals surface area contributed by atoms with Crippen molar-refractivity contribution in [2.24, 2.45) is 0 Å². The Morgan fingerprint density at radius 3 is 3.25 bits per heavy atom. The maximum atomic E-state index is 12.3. The number of thioether (sulfide) groups is 1. The van der Waals surface area contributed by atoms with Gasteiger partial charge in [-0.1, -0.05) is 0 Å². The Balaban J connectivity index is 1.84. The number of aromatic amines is 1. The van der Waals surface area contributed by atoms with E-state index in [0.717, 1.165) is 28.8 Å². The van der Waals surface area contributed by atoms with Crippen molar-refractivity contribution < 1.29 is 0 Å². The van der Waals surface area contributed by atoms with Gasteiger partial charge < -0.3 is 4.98 Å². The maximum absolute atomic E-state index is 12.3. The molecule has 0 fully saturated rings. The average Bonchev–Trinajstić information content (AvgIpc) is 3.05. The van der Waals surface area contributed by atoms with Gasteiger partial charge in [0.1, 0.15) is 29.9 Å². The summed E-state index contributed by atoms with van der Waals surface area (Å²) in [4.78, 5) is 24.5. The maximum Gasteiger partial charge on any atom is 0.260 e. The molecule has 1 aliphatic rings. The number of hydrogen-bond donors (Lipinski definition) is 1. The Morgan fingerprint density at radius 1 is 1.45 bits per heavy atom. The third kappa shape index (κ3) is 1.95. The minimum Gasteiger partial charge on any atom is -0.308 e. The number of H-pyrrole nitrogens is 1. The molecule has 0 spiro atoms. The average molecular weight is 305 g/mol. The molecular weight excluding hydrogens is 294 g/mol. The Kier molecular flexibility index (Phi) is 2.85. The lowest BCUT2D eigenvalue weighted by Gasteiger charge is -2.09. The number of hydrogen-bond acceptors (Lipinski definition) is 6. The highest BCUT2D eigenvalue weighted by Crippen LogP contribution is 2.39. The topological polar surface area (TPSA) is 76.5 Å². The van der Waals surface area contributed by atoms with Crippen LogP contribution in [0.15, 0.2) is 21.7 Å². The van der Waals surface area contributed by atoms with Crippen molar-refractivity contribution in [1.29, 1.82) is 0 Å². The van der Waals surface area contributed by atoms with Crippen LogP contribution in [0.5, 0.6) is 0 Å². The zero-order valence-corrected chi connectivity index (χ0v) is 12.1. The molecule has 0 atom stereocenters. The molecule has 6 nitrogen and oxygen atoms in total. The van der Waals surface area contributed by atoms with Gasteiger partial charge in [-0.3, -0.25) is 4.79 Å². The number of rotatable bonds is 2. The van der Waals surface area contributed by atoms with Gasteiger partial charge in [-0.2, -0.15) is 5.10 Å². The molecule has 1 aliphatic heterocycles. The predicted molar refractivity (Wildman–Crippen MR) is 78.4 cm³/mol. The van der Waals surface area contributed by atoms with E-state index in [1.54, 1.807) is 22.3 Å². The van der Waals surface area contributed by atoms with E-state index in [1.165, 1.54) is 16.1 Å². The first-order chi connectivity index (χ1) is 9.81. The normalized spacial score (nSPS) is 14.6. The molecule has 4 heterocycles. The fourth-order valence-electron chi connectivity index (χ4n) is 2.39. The van der Waals surface area contributed by atoms with Crippen LogP contribution in [-0.2, 0) is 13.0 Å². The van der Waals surface area contributed by atoms with Crippen molar-refractivity contribution in [1.82, 2.24) is 24.7 Å². The Hall–Kier alpha value is -1.67. The summed E-state index contributed by atoms with van der Waals surface area (Å²) in [6.07, 6.45) is 5.19. The Bertz CT molecular complexity index is 820. The molecule has 3 aromatic heterocycles. The summed E-state index contributed by atoms with van der Waals surface area (Å²) >= 11 is 3.46. The second-order valence-corrected chi connectivity index (χ2v) is 6.97. The second-order valence-electron chi connectivity index (χ2n) is 4.61. The lowest BCUT2D eigenvalue weighted by Crippen LogP contribution is -2.15. The van der Waals surface area contributed by atoms with Crippen LogP contribution in [0.4, 0.5) is 0 Å². The van der Waals surface area contributed by atoms with E-state index in [4.69, 9.17) is 0 Å². The summed E-state index contributed by atoms with van der Waals surface area (Å²) in [7, 11) is 0. The molecule has 1 N–H and O–H groups in total. The molecule has 0 radical (unpaired) electrons. The highest BCUT2D eigenvalue weighted by molar-refractivity contribution is 8.01. The van der Waals surface area contributed by atoms with Gasteiger partial charge in [-0.05, 0) is 24.2 Å². The van der Waals surface area contributed by atoms with Crippen molar-refractivity contribution >= 4 is 33.3 Å². The largest absolute Gasteiger partial charge is 0.308 e. The molecule has 0 aromatic carbocycles. The third-order valence-corrected chi connectivity index (χ3v) is 5.78. The van der Waals surface area contributed by atoms with Crippen LogP contribution in [0.2, 0.25) is 0 Å². The van der Waals surface area contributed by atoms with E-state index in [1.807, 2.05) is 11.8 Å². The molecule has 8 heteroatoms. The Morgan fingerprint density at radius 2 is 2.40 bits per heavy atom. The van der Waals surface area contributed by atoms with Crippen molar-refractivity contribution in [2.45, 2.75) is 23.6 Å². The van der Waals surface area contributed by atoms with Crippen LogP contribution >= 0.6 is 23.1 Å². The lowest BCUT2D eigenvalue weighted by molar-refractivity contribution is 0.654. The van der Waals surface area contributed by atoms with Gasteiger partial charge in [0.05, 0.1) is 9.60 Å². The highest BCUT2D eigenvalue weighted by atomic mass is 32.2. The van der Waals surface area contributed by atoms with Crippen LogP contribution in [0.1, 0.15) is 17.8 Å². The fourth-order valence-corrected chi connectivity index (χ4v) is 4.94. The molecule has 0 saturated carbocycles. The van der Waals surface area contributed by atoms with E-state index in [0.29, 0.717) is 12.4 Å². The van der Waals surface area contributed by atoms with Crippen LogP contribution in [0.25, 0.3) is 10.2 Å². The molecule has 0 saturated heterocycles. The van der Waals surface area contributed by atoms with Crippen LogP contribution in [0.3, 0.4) is 0 Å². The van der Waals surface area contributed by atoms with Crippen molar-refractivity contribution in [3.8, 4) is 0 Å². The number of thiophene rings is 1. The zero-order chi connectivity index (χ0) is 13.5. The Labute approximate surface area is 122 Å². The molecule has 0 amide bonds. The minimum atomic E-state index is -0.0369. The second kappa shape index (κ2) is 4.71. The highest BCUT2D eigenvalue weighted by Gasteiger charge is 2.20. The van der Waals surface area contributed by atoms with Gasteiger partial charge in [0.15, 0.2) is 0 Å². The molecule has 0 aliphatic carbocycles. The number of aromatic nitrogens is 5. The summed E-state index contributed by atoms with van der Waals surface area (Å²) in [5.41, 5.74) is 1.15. The van der Waals surface area contributed by atoms with Gasteiger partial charge in [0.25, 0.3) is 5.56 Å². The van der Waals surface area contributed by atoms with Gasteiger partial charge >= 0.3 is 0 Å². The van der Waals surface area contributed by atoms with Crippen LogP contribution in [0, 0.1) is 0 Å². The van der Waals surface area contributed by atoms with Gasteiger partial charge in [-0.25, -0.2) is 14.6 Å². The summed E-state index contributed by atoms with van der Waals surface area (Å²) in [5.74, 6) is 1.75. The number of aryl methyl sites for hydroxylation is 1. The predicted octanol–water partition coefficient (Wildman–Crippen LogP) is 1.66. The van der Waals surface area contributed by atoms with E-state index in [2.05, 4.69) is 20.1 Å². The smallest absolute Gasteiger partial charge is 0.260 e. The lowest BCUT2D eigenvalue weighted by atomic mass is 10.1. The van der Waals surface area contributed by atoms with Crippen LogP contribution < -0.4 is 5.56 Å². The monoisotopic (exact) mass is 305 g/mol. The molecule has 102 valence electrons. The van der Waals surface area contributed by atoms with E-state index in [9.17, 15) is 4.79 Å². The van der Waals surface area contributed by atoms with E-state index >= 15 is 0 Å². The first-order valence-corrected chi connectivity index (χ1v) is 8.11. The zero-order valence-electron chi connectivity index (χ0n) is 10.5. The summed E-state index contributed by atoms with van der Waals surface area (Å²) in [6.45, 7) is 0.431. The molecule has 20 heavy (non-hydrogen) atoms. The molecule has 3 aromatic rings. The summed E-state index contributed by atoms with van der Waals surface area (Å²) in [6, 6.07) is 0. The van der Waals surface area contributed by atoms with Gasteiger partial charge in [-0.15, -0.1) is 23.1 Å². The van der Waals surface area contributed by atoms with Crippen molar-refractivity contribution in [2.75, 3.05) is 5.75 Å². The standard InChI is InChI=1S/C12H11N5OS2/c18-10-9-7-2-1-3-19-12(7)20-11(9)16-8(15-10)4-17-6-13-5-14-17/h5-6H,1-4H2,(H,15,16,18). The molecule has 0 bridgehead atoms. The molecule has 4 rings (SSSR count). The quantitative estimate of drug-likeness (QED) is 0.779. The first kappa shape index (κ1) is 12.1. The third-order valence-electron chi connectivity index (χ3n) is 3.26. The molecule has 0 unspecified atom stereocenters. The van der Waals surface area contributed by atoms with Gasteiger partial charge in [0.2, 0.25) is 0 Å². The van der Waals surface area contributed by atoms with Crippen molar-refractivity contribution in [3.63, 3.8) is 0 Å². The van der Waals surface area contributed by atoms with Gasteiger partial charge in [0, 0.05) is 0 Å². The van der Waals surface area contributed by atoms with E-state index < -0.39 is 0 Å². The minimum absolute atomic E-state index is 0.0369. The number of nitrogens with zero attached hydrogens (tertiary/aromatic N) is 4. The summed E-state index contributed by atoms with van der Waals surface area (Å²) in [5, 5.41) is 4.81. The van der Waals surface area contributed by atoms with Crippen LogP contribution in [-0.4, -0.2) is 30.5 Å². The van der Waals surface area contributed by atoms with E-state index in [-0.39, 0.29) is 5.56 Å². The SMILES string of the molecule is O=c1[nH]c(Cn2cncn2)nc2sc3c(c12)CCCS3.